The number of fused-ring (bicyclic) bond motifs is 1. The van der Waals surface area contributed by atoms with Crippen LogP contribution in [-0.4, -0.2) is 42.8 Å². The summed E-state index contributed by atoms with van der Waals surface area (Å²) in [5, 5.41) is 16.4. The summed E-state index contributed by atoms with van der Waals surface area (Å²) in [4.78, 5) is 15.1. The molecule has 2 saturated carbocycles. The second-order valence-corrected chi connectivity index (χ2v) is 9.19. The number of methoxy groups -OCH3 is 1. The fourth-order valence-electron chi connectivity index (χ4n) is 5.12. The summed E-state index contributed by atoms with van der Waals surface area (Å²) in [5.74, 6) is 1.75. The summed E-state index contributed by atoms with van der Waals surface area (Å²) in [7, 11) is 1.67. The predicted molar refractivity (Wildman–Crippen MR) is 119 cm³/mol. The summed E-state index contributed by atoms with van der Waals surface area (Å²) >= 11 is 0. The van der Waals surface area contributed by atoms with E-state index in [1.54, 1.807) is 7.11 Å². The molecule has 3 fully saturated rings. The lowest BCUT2D eigenvalue weighted by Crippen LogP contribution is -2.38. The number of ether oxygens (including phenoxy) is 1. The first kappa shape index (κ1) is 21.5. The number of nitrogens with zero attached hydrogens (tertiary/aromatic N) is 3. The largest absolute Gasteiger partial charge is 0.497 e. The minimum absolute atomic E-state index is 0.0476. The number of nitrogens with one attached hydrogen (secondary N) is 2. The quantitative estimate of drug-likeness (QED) is 0.381. The van der Waals surface area contributed by atoms with Crippen molar-refractivity contribution in [2.75, 3.05) is 20.2 Å². The van der Waals surface area contributed by atoms with Gasteiger partial charge in [-0.25, -0.2) is 0 Å². The molecule has 5 atom stereocenters. The van der Waals surface area contributed by atoms with Crippen molar-refractivity contribution in [2.45, 2.75) is 57.5 Å². The Balaban J connectivity index is 1.41. The Labute approximate surface area is 184 Å². The smallest absolute Gasteiger partial charge is 0.225 e. The van der Waals surface area contributed by atoms with Crippen molar-refractivity contribution >= 4 is 11.6 Å². The lowest BCUT2D eigenvalue weighted by molar-refractivity contribution is -0.134. The molecule has 1 aromatic rings. The topological polar surface area (TPSA) is 89.8 Å². The lowest BCUT2D eigenvalue weighted by Gasteiger charge is -2.27. The van der Waals surface area contributed by atoms with Gasteiger partial charge in [-0.3, -0.25) is 4.79 Å². The maximum atomic E-state index is 13.1. The average Bonchev–Trinajstić information content (AvgIpc) is 3.24. The molecule has 1 amide bonds. The SMILES string of the molecule is COc1cccc(C(CC(C)C(=O)N2C[C@@H]3C(NC#N)[C@@H]3C2)NN=C2CCCCC2)c1. The Hall–Kier alpha value is -2.75. The molecule has 1 aromatic carbocycles. The van der Waals surface area contributed by atoms with Gasteiger partial charge >= 0.3 is 0 Å². The van der Waals surface area contributed by atoms with Crippen LogP contribution in [-0.2, 0) is 4.79 Å². The molecule has 2 aliphatic carbocycles. The first-order valence-electron chi connectivity index (χ1n) is 11.5. The number of benzene rings is 1. The molecule has 1 aliphatic heterocycles. The molecule has 3 aliphatic rings. The number of hydrazone groups is 1. The molecule has 4 rings (SSSR count). The highest BCUT2D eigenvalue weighted by molar-refractivity contribution is 5.84. The van der Waals surface area contributed by atoms with E-state index in [2.05, 4.69) is 16.8 Å². The highest BCUT2D eigenvalue weighted by Gasteiger charge is 2.57. The molecule has 0 spiro atoms. The molecule has 166 valence electrons. The summed E-state index contributed by atoms with van der Waals surface area (Å²) in [6.07, 6.45) is 8.52. The first-order chi connectivity index (χ1) is 15.1. The van der Waals surface area contributed by atoms with E-state index < -0.39 is 0 Å². The molecule has 3 unspecified atom stereocenters. The Morgan fingerprint density at radius 2 is 2.03 bits per heavy atom. The Morgan fingerprint density at radius 1 is 1.29 bits per heavy atom. The molecule has 31 heavy (non-hydrogen) atoms. The fraction of sp³-hybridized carbons (Fsp3) is 0.625. The Kier molecular flexibility index (Phi) is 6.64. The van der Waals surface area contributed by atoms with Crippen LogP contribution in [0.1, 0.15) is 57.1 Å². The Morgan fingerprint density at radius 3 is 2.71 bits per heavy atom. The van der Waals surface area contributed by atoms with Gasteiger partial charge in [-0.2, -0.15) is 10.4 Å². The van der Waals surface area contributed by atoms with E-state index in [0.29, 0.717) is 18.3 Å². The number of hydrogen-bond acceptors (Lipinski definition) is 6. The number of likely N-dealkylation sites (tertiary alicyclic amines) is 1. The third-order valence-corrected chi connectivity index (χ3v) is 7.05. The van der Waals surface area contributed by atoms with Gasteiger partial charge in [0.15, 0.2) is 6.19 Å². The molecule has 7 nitrogen and oxygen atoms in total. The van der Waals surface area contributed by atoms with E-state index in [0.717, 1.165) is 37.2 Å². The number of carbonyl (C=O) groups is 1. The monoisotopic (exact) mass is 423 g/mol. The van der Waals surface area contributed by atoms with Gasteiger partial charge in [0.05, 0.1) is 13.2 Å². The number of piperidine rings is 1. The van der Waals surface area contributed by atoms with Crippen molar-refractivity contribution in [3.63, 3.8) is 0 Å². The van der Waals surface area contributed by atoms with Gasteiger partial charge in [0.25, 0.3) is 0 Å². The molecule has 0 radical (unpaired) electrons. The number of rotatable bonds is 8. The second kappa shape index (κ2) is 9.59. The van der Waals surface area contributed by atoms with Gasteiger partial charge < -0.3 is 20.4 Å². The molecule has 1 saturated heterocycles. The van der Waals surface area contributed by atoms with Gasteiger partial charge in [0.2, 0.25) is 5.91 Å². The molecule has 7 heteroatoms. The minimum atomic E-state index is -0.116. The van der Waals surface area contributed by atoms with Crippen LogP contribution in [0.4, 0.5) is 0 Å². The maximum Gasteiger partial charge on any atom is 0.225 e. The summed E-state index contributed by atoms with van der Waals surface area (Å²) in [5.41, 5.74) is 5.71. The van der Waals surface area contributed by atoms with Crippen molar-refractivity contribution < 1.29 is 9.53 Å². The lowest BCUT2D eigenvalue weighted by atomic mass is 9.95. The Bertz CT molecular complexity index is 844. The highest BCUT2D eigenvalue weighted by atomic mass is 16.5. The number of amides is 1. The highest BCUT2D eigenvalue weighted by Crippen LogP contribution is 2.45. The van der Waals surface area contributed by atoms with Crippen LogP contribution in [0.15, 0.2) is 29.4 Å². The van der Waals surface area contributed by atoms with Gasteiger partial charge in [0.1, 0.15) is 5.75 Å². The van der Waals surface area contributed by atoms with Gasteiger partial charge in [-0.15, -0.1) is 0 Å². The van der Waals surface area contributed by atoms with Crippen LogP contribution in [0.3, 0.4) is 0 Å². The van der Waals surface area contributed by atoms with Crippen molar-refractivity contribution in [1.29, 1.82) is 5.26 Å². The van der Waals surface area contributed by atoms with Crippen LogP contribution >= 0.6 is 0 Å². The maximum absolute atomic E-state index is 13.1. The standard InChI is InChI=1S/C24H33N5O2/c1-16(24(30)29-13-20-21(14-29)23(20)26-15-25)11-22(17-7-6-10-19(12-17)31-2)28-27-18-8-4-3-5-9-18/h6-7,10,12,16,20-23,26,28H,3-5,8-9,11,13-14H2,1-2H3/t16?,20-,21+,22?,23?. The molecule has 2 N–H and O–H groups in total. The van der Waals surface area contributed by atoms with Gasteiger partial charge in [-0.05, 0) is 49.8 Å². The van der Waals surface area contributed by atoms with E-state index in [1.807, 2.05) is 36.2 Å². The van der Waals surface area contributed by atoms with Crippen molar-refractivity contribution in [2.24, 2.45) is 22.9 Å². The van der Waals surface area contributed by atoms with E-state index in [9.17, 15) is 4.79 Å². The van der Waals surface area contributed by atoms with Crippen LogP contribution in [0, 0.1) is 29.2 Å². The second-order valence-electron chi connectivity index (χ2n) is 9.19. The first-order valence-corrected chi connectivity index (χ1v) is 11.5. The van der Waals surface area contributed by atoms with Crippen LogP contribution in [0.5, 0.6) is 5.75 Å². The summed E-state index contributed by atoms with van der Waals surface area (Å²) in [6.45, 7) is 3.53. The molecular formula is C24H33N5O2. The van der Waals surface area contributed by atoms with Crippen molar-refractivity contribution in [1.82, 2.24) is 15.6 Å². The van der Waals surface area contributed by atoms with Gasteiger partial charge in [-0.1, -0.05) is 25.5 Å². The average molecular weight is 424 g/mol. The zero-order valence-electron chi connectivity index (χ0n) is 18.5. The van der Waals surface area contributed by atoms with E-state index >= 15 is 0 Å². The molecule has 0 bridgehead atoms. The number of carbonyl (C=O) groups excluding carboxylic acids is 1. The third kappa shape index (κ3) is 4.95. The van der Waals surface area contributed by atoms with E-state index in [1.165, 1.54) is 25.0 Å². The number of hydrogen-bond donors (Lipinski definition) is 2. The minimum Gasteiger partial charge on any atom is -0.497 e. The van der Waals surface area contributed by atoms with E-state index in [4.69, 9.17) is 15.1 Å². The van der Waals surface area contributed by atoms with Crippen molar-refractivity contribution in [3.05, 3.63) is 29.8 Å². The summed E-state index contributed by atoms with van der Waals surface area (Å²) in [6, 6.07) is 8.24. The fourth-order valence-corrected chi connectivity index (χ4v) is 5.12. The van der Waals surface area contributed by atoms with E-state index in [-0.39, 0.29) is 23.9 Å². The van der Waals surface area contributed by atoms with Gasteiger partial charge in [0, 0.05) is 42.6 Å². The molecule has 0 aromatic heterocycles. The van der Waals surface area contributed by atoms with Crippen LogP contribution in [0.25, 0.3) is 0 Å². The zero-order valence-corrected chi connectivity index (χ0v) is 18.5. The summed E-state index contributed by atoms with van der Waals surface area (Å²) < 4.78 is 5.41. The normalized spacial score (nSPS) is 26.3. The zero-order chi connectivity index (χ0) is 21.8. The molecular weight excluding hydrogens is 390 g/mol. The van der Waals surface area contributed by atoms with Crippen molar-refractivity contribution in [3.8, 4) is 11.9 Å². The van der Waals surface area contributed by atoms with Crippen LogP contribution in [0.2, 0.25) is 0 Å². The third-order valence-electron chi connectivity index (χ3n) is 7.05. The molecule has 1 heterocycles. The predicted octanol–water partition coefficient (Wildman–Crippen LogP) is 3.20. The van der Waals surface area contributed by atoms with Crippen LogP contribution < -0.4 is 15.5 Å². The number of nitriles is 1.